The second-order valence-corrected chi connectivity index (χ2v) is 4.93. The number of rotatable bonds is 7. The maximum absolute atomic E-state index is 8.99. The lowest BCUT2D eigenvalue weighted by Gasteiger charge is -2.21. The van der Waals surface area contributed by atoms with Crippen molar-refractivity contribution in [3.63, 3.8) is 0 Å². The Hall–Kier alpha value is -2.32. The zero-order chi connectivity index (χ0) is 15.1. The third-order valence-corrected chi connectivity index (χ3v) is 3.50. The molecule has 2 aromatic rings. The van der Waals surface area contributed by atoms with E-state index in [2.05, 4.69) is 30.3 Å². The Bertz CT molecular complexity index is 589. The van der Waals surface area contributed by atoms with Gasteiger partial charge in [-0.25, -0.2) is 0 Å². The van der Waals surface area contributed by atoms with Crippen LogP contribution < -0.4 is 10.1 Å². The predicted octanol–water partition coefficient (Wildman–Crippen LogP) is 2.37. The van der Waals surface area contributed by atoms with E-state index in [1.807, 2.05) is 35.1 Å². The van der Waals surface area contributed by atoms with Crippen molar-refractivity contribution in [2.75, 3.05) is 13.2 Å². The van der Waals surface area contributed by atoms with Gasteiger partial charge in [-0.15, -0.1) is 0 Å². The smallest absolute Gasteiger partial charge is 0.137 e. The van der Waals surface area contributed by atoms with Crippen LogP contribution in [0.5, 0.6) is 5.75 Å². The molecule has 2 rings (SSSR count). The monoisotopic (exact) mass is 284 g/mol. The summed E-state index contributed by atoms with van der Waals surface area (Å²) >= 11 is 0. The van der Waals surface area contributed by atoms with Crippen LogP contribution in [0.25, 0.3) is 0 Å². The van der Waals surface area contributed by atoms with Gasteiger partial charge in [0.15, 0.2) is 0 Å². The van der Waals surface area contributed by atoms with Crippen LogP contribution in [-0.2, 0) is 0 Å². The summed E-state index contributed by atoms with van der Waals surface area (Å²) < 4.78 is 7.58. The van der Waals surface area contributed by atoms with Crippen LogP contribution >= 0.6 is 0 Å². The third-order valence-electron chi connectivity index (χ3n) is 3.50. The summed E-state index contributed by atoms with van der Waals surface area (Å²) in [5, 5.41) is 16.6. The number of hydrogen-bond acceptors (Lipinski definition) is 4. The van der Waals surface area contributed by atoms with Gasteiger partial charge in [-0.1, -0.05) is 12.1 Å². The number of nitrogens with zero attached hydrogens (tertiary/aromatic N) is 3. The maximum atomic E-state index is 8.99. The molecule has 1 heterocycles. The molecule has 0 spiro atoms. The summed E-state index contributed by atoms with van der Waals surface area (Å²) in [4.78, 5) is 0. The fourth-order valence-electron chi connectivity index (χ4n) is 2.05. The number of para-hydroxylation sites is 1. The van der Waals surface area contributed by atoms with Gasteiger partial charge in [0.25, 0.3) is 0 Å². The molecule has 5 heteroatoms. The molecule has 1 aromatic heterocycles. The van der Waals surface area contributed by atoms with E-state index in [4.69, 9.17) is 10.00 Å². The van der Waals surface area contributed by atoms with Crippen molar-refractivity contribution in [3.05, 3.63) is 48.3 Å². The second-order valence-electron chi connectivity index (χ2n) is 4.93. The zero-order valence-corrected chi connectivity index (χ0v) is 12.4. The second kappa shape index (κ2) is 7.46. The van der Waals surface area contributed by atoms with Crippen LogP contribution in [0.1, 0.15) is 25.5 Å². The van der Waals surface area contributed by atoms with E-state index in [1.54, 1.807) is 12.3 Å². The van der Waals surface area contributed by atoms with Crippen LogP contribution in [0.4, 0.5) is 0 Å². The van der Waals surface area contributed by atoms with Crippen LogP contribution in [0, 0.1) is 11.3 Å². The first-order chi connectivity index (χ1) is 10.2. The number of benzene rings is 1. The molecule has 0 saturated heterocycles. The van der Waals surface area contributed by atoms with Gasteiger partial charge < -0.3 is 10.1 Å². The standard InChI is InChI=1S/C16H20N4O/c1-13(14(2)20-10-5-8-19-20)18-9-11-21-16-7-4-3-6-15(16)12-17/h3-8,10,13-14,18H,9,11H2,1-2H3/t13-,14+/m0/s1. The Morgan fingerprint density at radius 2 is 2.14 bits per heavy atom. The van der Waals surface area contributed by atoms with Gasteiger partial charge in [0, 0.05) is 25.0 Å². The number of nitriles is 1. The summed E-state index contributed by atoms with van der Waals surface area (Å²) in [7, 11) is 0. The first-order valence-electron chi connectivity index (χ1n) is 7.07. The van der Waals surface area contributed by atoms with E-state index < -0.39 is 0 Å². The molecule has 0 fully saturated rings. The molecular weight excluding hydrogens is 264 g/mol. The molecule has 1 N–H and O–H groups in total. The van der Waals surface area contributed by atoms with Crippen molar-refractivity contribution in [2.45, 2.75) is 25.9 Å². The highest BCUT2D eigenvalue weighted by atomic mass is 16.5. The van der Waals surface area contributed by atoms with Crippen molar-refractivity contribution in [1.29, 1.82) is 5.26 Å². The van der Waals surface area contributed by atoms with Gasteiger partial charge in [0.05, 0.1) is 11.6 Å². The van der Waals surface area contributed by atoms with E-state index in [9.17, 15) is 0 Å². The Labute approximate surface area is 125 Å². The highest BCUT2D eigenvalue weighted by Gasteiger charge is 2.13. The average molecular weight is 284 g/mol. The predicted molar refractivity (Wildman–Crippen MR) is 81.1 cm³/mol. The van der Waals surface area contributed by atoms with Gasteiger partial charge in [-0.2, -0.15) is 10.4 Å². The molecule has 0 aliphatic rings. The fourth-order valence-corrected chi connectivity index (χ4v) is 2.05. The fraction of sp³-hybridized carbons (Fsp3) is 0.375. The lowest BCUT2D eigenvalue weighted by molar-refractivity contribution is 0.288. The molecule has 0 aliphatic carbocycles. The van der Waals surface area contributed by atoms with Crippen molar-refractivity contribution in [3.8, 4) is 11.8 Å². The van der Waals surface area contributed by atoms with Gasteiger partial charge in [-0.3, -0.25) is 4.68 Å². The van der Waals surface area contributed by atoms with E-state index >= 15 is 0 Å². The molecule has 0 aliphatic heterocycles. The van der Waals surface area contributed by atoms with Crippen molar-refractivity contribution in [2.24, 2.45) is 0 Å². The van der Waals surface area contributed by atoms with Crippen LogP contribution in [0.3, 0.4) is 0 Å². The number of ether oxygens (including phenoxy) is 1. The maximum Gasteiger partial charge on any atom is 0.137 e. The topological polar surface area (TPSA) is 62.9 Å². The molecule has 0 bridgehead atoms. The lowest BCUT2D eigenvalue weighted by atomic mass is 10.2. The Kier molecular flexibility index (Phi) is 5.35. The van der Waals surface area contributed by atoms with E-state index in [-0.39, 0.29) is 12.1 Å². The Morgan fingerprint density at radius 1 is 1.33 bits per heavy atom. The molecule has 0 unspecified atom stereocenters. The highest BCUT2D eigenvalue weighted by molar-refractivity contribution is 5.42. The Balaban J connectivity index is 1.76. The number of aromatic nitrogens is 2. The molecule has 0 saturated carbocycles. The first kappa shape index (κ1) is 15.1. The zero-order valence-electron chi connectivity index (χ0n) is 12.4. The third kappa shape index (κ3) is 4.07. The molecule has 1 aromatic carbocycles. The van der Waals surface area contributed by atoms with Gasteiger partial charge in [0.2, 0.25) is 0 Å². The molecule has 0 radical (unpaired) electrons. The molecule has 0 amide bonds. The minimum atomic E-state index is 0.270. The SMILES string of the molecule is C[C@H](NCCOc1ccccc1C#N)[C@@H](C)n1cccn1. The summed E-state index contributed by atoms with van der Waals surface area (Å²) in [5.74, 6) is 0.634. The molecule has 21 heavy (non-hydrogen) atoms. The molecule has 110 valence electrons. The summed E-state index contributed by atoms with van der Waals surface area (Å²) in [6.07, 6.45) is 3.74. The summed E-state index contributed by atoms with van der Waals surface area (Å²) in [6.45, 7) is 5.48. The van der Waals surface area contributed by atoms with Gasteiger partial charge in [-0.05, 0) is 32.0 Å². The van der Waals surface area contributed by atoms with Gasteiger partial charge >= 0.3 is 0 Å². The minimum absolute atomic E-state index is 0.270. The molecule has 2 atom stereocenters. The molecular formula is C16H20N4O. The minimum Gasteiger partial charge on any atom is -0.491 e. The van der Waals surface area contributed by atoms with Gasteiger partial charge in [0.1, 0.15) is 18.4 Å². The van der Waals surface area contributed by atoms with E-state index in [0.717, 1.165) is 0 Å². The van der Waals surface area contributed by atoms with Crippen LogP contribution in [0.15, 0.2) is 42.7 Å². The first-order valence-corrected chi connectivity index (χ1v) is 7.07. The van der Waals surface area contributed by atoms with Crippen molar-refractivity contribution < 1.29 is 4.74 Å². The van der Waals surface area contributed by atoms with E-state index in [0.29, 0.717) is 24.5 Å². The number of hydrogen-bond donors (Lipinski definition) is 1. The average Bonchev–Trinajstić information content (AvgIpc) is 3.05. The van der Waals surface area contributed by atoms with Crippen molar-refractivity contribution in [1.82, 2.24) is 15.1 Å². The van der Waals surface area contributed by atoms with E-state index in [1.165, 1.54) is 0 Å². The lowest BCUT2D eigenvalue weighted by Crippen LogP contribution is -2.36. The largest absolute Gasteiger partial charge is 0.491 e. The van der Waals surface area contributed by atoms with Crippen molar-refractivity contribution >= 4 is 0 Å². The van der Waals surface area contributed by atoms with Crippen LogP contribution in [-0.4, -0.2) is 29.0 Å². The highest BCUT2D eigenvalue weighted by Crippen LogP contribution is 2.16. The normalized spacial score (nSPS) is 13.4. The number of nitrogens with one attached hydrogen (secondary N) is 1. The Morgan fingerprint density at radius 3 is 2.86 bits per heavy atom. The molecule has 5 nitrogen and oxygen atoms in total. The van der Waals surface area contributed by atoms with Crippen LogP contribution in [0.2, 0.25) is 0 Å². The summed E-state index contributed by atoms with van der Waals surface area (Å²) in [5.41, 5.74) is 0.565. The quantitative estimate of drug-likeness (QED) is 0.793. The summed E-state index contributed by atoms with van der Waals surface area (Å²) in [6, 6.07) is 11.9.